The highest BCUT2D eigenvalue weighted by atomic mass is 16.6. The van der Waals surface area contributed by atoms with Crippen molar-refractivity contribution in [3.8, 4) is 5.88 Å². The summed E-state index contributed by atoms with van der Waals surface area (Å²) >= 11 is 0. The Labute approximate surface area is 157 Å². The van der Waals surface area contributed by atoms with Gasteiger partial charge in [0.1, 0.15) is 17.7 Å². The van der Waals surface area contributed by atoms with Crippen molar-refractivity contribution in [2.75, 3.05) is 6.54 Å². The summed E-state index contributed by atoms with van der Waals surface area (Å²) < 4.78 is 11.2. The Morgan fingerprint density at radius 3 is 2.70 bits per heavy atom. The standard InChI is InChI=1S/C19H23N3O5/c1-19(2,3)27-18(25)21-22-11-13(10-15(22)17(23)24)26-16-14-7-5-4-6-12(14)8-9-20-16/h4-9,13,15H,10-11H2,1-3H3,(H,21,25)(H,23,24)/t13?,15-/m0/s1. The maximum atomic E-state index is 12.0. The largest absolute Gasteiger partial charge is 0.480 e. The van der Waals surface area contributed by atoms with Crippen molar-refractivity contribution in [2.45, 2.75) is 44.9 Å². The van der Waals surface area contributed by atoms with Gasteiger partial charge >= 0.3 is 12.1 Å². The van der Waals surface area contributed by atoms with Crippen molar-refractivity contribution in [3.05, 3.63) is 36.5 Å². The first-order valence-corrected chi connectivity index (χ1v) is 8.72. The van der Waals surface area contributed by atoms with Gasteiger partial charge in [-0.1, -0.05) is 18.2 Å². The fourth-order valence-corrected chi connectivity index (χ4v) is 3.00. The molecule has 1 aromatic carbocycles. The number of ether oxygens (including phenoxy) is 2. The normalized spacial score (nSPS) is 20.4. The summed E-state index contributed by atoms with van der Waals surface area (Å²) in [7, 11) is 0. The predicted molar refractivity (Wildman–Crippen MR) is 98.3 cm³/mol. The van der Waals surface area contributed by atoms with Gasteiger partial charge in [-0.05, 0) is 38.3 Å². The zero-order valence-electron chi connectivity index (χ0n) is 15.5. The van der Waals surface area contributed by atoms with Crippen LogP contribution < -0.4 is 10.2 Å². The number of benzene rings is 1. The van der Waals surface area contributed by atoms with Gasteiger partial charge < -0.3 is 14.6 Å². The summed E-state index contributed by atoms with van der Waals surface area (Å²) in [6, 6.07) is 8.65. The van der Waals surface area contributed by atoms with Gasteiger partial charge in [-0.15, -0.1) is 0 Å². The maximum Gasteiger partial charge on any atom is 0.422 e. The summed E-state index contributed by atoms with van der Waals surface area (Å²) in [6.07, 6.45) is 0.741. The number of carbonyl (C=O) groups is 2. The van der Waals surface area contributed by atoms with Crippen LogP contribution in [0.2, 0.25) is 0 Å². The van der Waals surface area contributed by atoms with Crippen molar-refractivity contribution in [1.29, 1.82) is 0 Å². The first kappa shape index (κ1) is 18.9. The smallest absolute Gasteiger partial charge is 0.422 e. The van der Waals surface area contributed by atoms with Gasteiger partial charge in [0, 0.05) is 18.0 Å². The minimum Gasteiger partial charge on any atom is -0.480 e. The number of hydrogen-bond donors (Lipinski definition) is 2. The third-order valence-electron chi connectivity index (χ3n) is 4.10. The minimum atomic E-state index is -1.04. The molecule has 8 heteroatoms. The molecule has 27 heavy (non-hydrogen) atoms. The summed E-state index contributed by atoms with van der Waals surface area (Å²) in [6.45, 7) is 5.43. The molecule has 1 saturated heterocycles. The van der Waals surface area contributed by atoms with E-state index in [1.54, 1.807) is 27.0 Å². The summed E-state index contributed by atoms with van der Waals surface area (Å²) in [5.41, 5.74) is 1.84. The van der Waals surface area contributed by atoms with E-state index in [-0.39, 0.29) is 13.0 Å². The zero-order chi connectivity index (χ0) is 19.6. The van der Waals surface area contributed by atoms with Gasteiger partial charge in [-0.3, -0.25) is 10.2 Å². The molecule has 144 valence electrons. The molecule has 0 bridgehead atoms. The summed E-state index contributed by atoms with van der Waals surface area (Å²) in [4.78, 5) is 27.9. The monoisotopic (exact) mass is 373 g/mol. The molecule has 1 aromatic heterocycles. The van der Waals surface area contributed by atoms with E-state index in [9.17, 15) is 14.7 Å². The van der Waals surface area contributed by atoms with Crippen LogP contribution in [0.1, 0.15) is 27.2 Å². The maximum absolute atomic E-state index is 12.0. The molecule has 1 fully saturated rings. The van der Waals surface area contributed by atoms with Crippen molar-refractivity contribution in [3.63, 3.8) is 0 Å². The highest BCUT2D eigenvalue weighted by Gasteiger charge is 2.40. The van der Waals surface area contributed by atoms with Crippen molar-refractivity contribution in [2.24, 2.45) is 0 Å². The lowest BCUT2D eigenvalue weighted by Crippen LogP contribution is -2.50. The molecule has 8 nitrogen and oxygen atoms in total. The fraction of sp³-hybridized carbons (Fsp3) is 0.421. The lowest BCUT2D eigenvalue weighted by atomic mass is 10.1. The van der Waals surface area contributed by atoms with Crippen LogP contribution in [-0.2, 0) is 9.53 Å². The zero-order valence-corrected chi connectivity index (χ0v) is 15.5. The summed E-state index contributed by atoms with van der Waals surface area (Å²) in [5, 5.41) is 12.7. The van der Waals surface area contributed by atoms with Crippen LogP contribution in [0.4, 0.5) is 4.79 Å². The number of hydrazine groups is 1. The number of carboxylic acid groups (broad SMARTS) is 1. The van der Waals surface area contributed by atoms with Gasteiger partial charge in [0.15, 0.2) is 0 Å². The third-order valence-corrected chi connectivity index (χ3v) is 4.10. The van der Waals surface area contributed by atoms with Crippen LogP contribution in [-0.4, -0.2) is 51.5 Å². The predicted octanol–water partition coefficient (Wildman–Crippen LogP) is 2.58. The third kappa shape index (κ3) is 4.65. The molecule has 1 unspecified atom stereocenters. The molecule has 3 rings (SSSR count). The Balaban J connectivity index is 1.72. The van der Waals surface area contributed by atoms with Crippen LogP contribution >= 0.6 is 0 Å². The number of nitrogens with zero attached hydrogens (tertiary/aromatic N) is 2. The van der Waals surface area contributed by atoms with Gasteiger partial charge in [0.2, 0.25) is 5.88 Å². The Morgan fingerprint density at radius 2 is 2.00 bits per heavy atom. The minimum absolute atomic E-state index is 0.209. The molecule has 2 atom stereocenters. The number of rotatable bonds is 4. The second kappa shape index (κ2) is 7.40. The molecule has 2 N–H and O–H groups in total. The Morgan fingerprint density at radius 1 is 1.26 bits per heavy atom. The number of aromatic nitrogens is 1. The van der Waals surface area contributed by atoms with E-state index < -0.39 is 29.8 Å². The van der Waals surface area contributed by atoms with E-state index in [1.165, 1.54) is 5.01 Å². The quantitative estimate of drug-likeness (QED) is 0.849. The van der Waals surface area contributed by atoms with E-state index in [0.29, 0.717) is 5.88 Å². The van der Waals surface area contributed by atoms with Crippen LogP contribution in [0.15, 0.2) is 36.5 Å². The molecule has 1 aliphatic heterocycles. The SMILES string of the molecule is CC(C)(C)OC(=O)NN1CC(Oc2nccc3ccccc23)C[C@H]1C(=O)O. The van der Waals surface area contributed by atoms with Crippen molar-refractivity contribution >= 4 is 22.8 Å². The number of amides is 1. The van der Waals surface area contributed by atoms with Crippen LogP contribution in [0, 0.1) is 0 Å². The van der Waals surface area contributed by atoms with E-state index >= 15 is 0 Å². The van der Waals surface area contributed by atoms with E-state index in [1.807, 2.05) is 30.3 Å². The number of carboxylic acids is 1. The van der Waals surface area contributed by atoms with Gasteiger partial charge in [0.25, 0.3) is 0 Å². The van der Waals surface area contributed by atoms with Crippen molar-refractivity contribution < 1.29 is 24.2 Å². The average molecular weight is 373 g/mol. The highest BCUT2D eigenvalue weighted by Crippen LogP contribution is 2.27. The van der Waals surface area contributed by atoms with E-state index in [0.717, 1.165) is 10.8 Å². The number of carbonyl (C=O) groups excluding carboxylic acids is 1. The van der Waals surface area contributed by atoms with Gasteiger partial charge in [0.05, 0.1) is 6.54 Å². The molecule has 0 radical (unpaired) electrons. The highest BCUT2D eigenvalue weighted by molar-refractivity contribution is 5.86. The molecule has 2 heterocycles. The molecule has 2 aromatic rings. The molecule has 0 aliphatic carbocycles. The molecular formula is C19H23N3O5. The summed E-state index contributed by atoms with van der Waals surface area (Å²) in [5.74, 6) is -0.593. The Hall–Kier alpha value is -2.87. The Bertz CT molecular complexity index is 843. The number of fused-ring (bicyclic) bond motifs is 1. The second-order valence-corrected chi connectivity index (χ2v) is 7.43. The van der Waals surface area contributed by atoms with Gasteiger partial charge in [-0.25, -0.2) is 14.8 Å². The molecule has 0 saturated carbocycles. The number of aliphatic carboxylic acids is 1. The average Bonchev–Trinajstić information content (AvgIpc) is 2.96. The van der Waals surface area contributed by atoms with Crippen LogP contribution in [0.5, 0.6) is 5.88 Å². The second-order valence-electron chi connectivity index (χ2n) is 7.43. The molecule has 0 spiro atoms. The van der Waals surface area contributed by atoms with E-state index in [2.05, 4.69) is 10.4 Å². The fourth-order valence-electron chi connectivity index (χ4n) is 3.00. The number of hydrogen-bond acceptors (Lipinski definition) is 6. The molecular weight excluding hydrogens is 350 g/mol. The number of nitrogens with one attached hydrogen (secondary N) is 1. The number of pyridine rings is 1. The first-order chi connectivity index (χ1) is 12.7. The lowest BCUT2D eigenvalue weighted by Gasteiger charge is -2.25. The van der Waals surface area contributed by atoms with Crippen LogP contribution in [0.3, 0.4) is 0 Å². The Kier molecular flexibility index (Phi) is 5.18. The molecule has 1 amide bonds. The van der Waals surface area contributed by atoms with Crippen molar-refractivity contribution in [1.82, 2.24) is 15.4 Å². The van der Waals surface area contributed by atoms with Crippen LogP contribution in [0.25, 0.3) is 10.8 Å². The topological polar surface area (TPSA) is 101 Å². The van der Waals surface area contributed by atoms with Gasteiger partial charge in [-0.2, -0.15) is 0 Å². The van der Waals surface area contributed by atoms with E-state index in [4.69, 9.17) is 9.47 Å². The lowest BCUT2D eigenvalue weighted by molar-refractivity contribution is -0.143. The molecule has 1 aliphatic rings. The first-order valence-electron chi connectivity index (χ1n) is 8.72.